The van der Waals surface area contributed by atoms with Gasteiger partial charge in [-0.05, 0) is 30.2 Å². The first-order chi connectivity index (χ1) is 10.6. The number of hydrogen-bond acceptors (Lipinski definition) is 2. The molecule has 2 aromatic rings. The Bertz CT molecular complexity index is 826. The third-order valence-corrected chi connectivity index (χ3v) is 4.02. The quantitative estimate of drug-likeness (QED) is 0.683. The van der Waals surface area contributed by atoms with Gasteiger partial charge in [0.2, 0.25) is 0 Å². The lowest BCUT2D eigenvalue weighted by molar-refractivity contribution is -0.130. The van der Waals surface area contributed by atoms with E-state index in [1.54, 1.807) is 13.8 Å². The van der Waals surface area contributed by atoms with E-state index in [-0.39, 0.29) is 12.5 Å². The Balaban J connectivity index is 2.11. The summed E-state index contributed by atoms with van der Waals surface area (Å²) in [4.78, 5) is 26.1. The van der Waals surface area contributed by atoms with Gasteiger partial charge in [0.25, 0.3) is 5.91 Å². The Hall–Kier alpha value is -2.80. The Morgan fingerprint density at radius 3 is 2.64 bits per heavy atom. The minimum Gasteiger partial charge on any atom is -0.319 e. The number of rotatable bonds is 2. The second-order valence-corrected chi connectivity index (χ2v) is 5.40. The van der Waals surface area contributed by atoms with Crippen molar-refractivity contribution in [3.8, 4) is 11.8 Å². The highest BCUT2D eigenvalue weighted by molar-refractivity contribution is 6.09. The zero-order chi connectivity index (χ0) is 15.7. The summed E-state index contributed by atoms with van der Waals surface area (Å²) in [7, 11) is 0. The molecule has 4 nitrogen and oxygen atoms in total. The van der Waals surface area contributed by atoms with E-state index in [9.17, 15) is 9.59 Å². The number of amides is 3. The molecule has 1 saturated heterocycles. The summed E-state index contributed by atoms with van der Waals surface area (Å²) in [6.07, 6.45) is 0. The van der Waals surface area contributed by atoms with Gasteiger partial charge in [0, 0.05) is 0 Å². The topological polar surface area (TPSA) is 49.4 Å². The minimum absolute atomic E-state index is 0.113. The maximum atomic E-state index is 12.8. The summed E-state index contributed by atoms with van der Waals surface area (Å²) < 4.78 is 0. The van der Waals surface area contributed by atoms with Gasteiger partial charge in [-0.3, -0.25) is 9.69 Å². The fourth-order valence-electron chi connectivity index (χ4n) is 2.84. The summed E-state index contributed by atoms with van der Waals surface area (Å²) in [5.41, 5.74) is -0.260. The van der Waals surface area contributed by atoms with Crippen molar-refractivity contribution in [3.63, 3.8) is 0 Å². The molecule has 0 unspecified atom stereocenters. The molecule has 1 fully saturated rings. The Morgan fingerprint density at radius 1 is 1.14 bits per heavy atom. The van der Waals surface area contributed by atoms with Crippen LogP contribution in [0.25, 0.3) is 10.8 Å². The molecule has 0 saturated carbocycles. The Labute approximate surface area is 129 Å². The maximum Gasteiger partial charge on any atom is 0.326 e. The van der Waals surface area contributed by atoms with E-state index < -0.39 is 11.6 Å². The summed E-state index contributed by atoms with van der Waals surface area (Å²) in [5, 5.41) is 4.82. The molecule has 0 bridgehead atoms. The summed E-state index contributed by atoms with van der Waals surface area (Å²) in [5.74, 6) is 5.21. The molecule has 22 heavy (non-hydrogen) atoms. The number of urea groups is 1. The van der Waals surface area contributed by atoms with Gasteiger partial charge in [0.15, 0.2) is 0 Å². The molecule has 3 rings (SSSR count). The Morgan fingerprint density at radius 2 is 1.86 bits per heavy atom. The number of imide groups is 1. The lowest BCUT2D eigenvalue weighted by Gasteiger charge is -2.23. The summed E-state index contributed by atoms with van der Waals surface area (Å²) in [6, 6.07) is 13.2. The molecule has 2 aromatic carbocycles. The number of fused-ring (bicyclic) bond motifs is 1. The second kappa shape index (κ2) is 5.19. The first-order valence-corrected chi connectivity index (χ1v) is 7.10. The van der Waals surface area contributed by atoms with Gasteiger partial charge < -0.3 is 5.32 Å². The normalized spacial score (nSPS) is 20.7. The van der Waals surface area contributed by atoms with Crippen molar-refractivity contribution in [2.75, 3.05) is 6.54 Å². The van der Waals surface area contributed by atoms with Crippen LogP contribution in [0, 0.1) is 11.8 Å². The number of hydrogen-bond donors (Lipinski definition) is 1. The van der Waals surface area contributed by atoms with Crippen molar-refractivity contribution in [2.24, 2.45) is 0 Å². The van der Waals surface area contributed by atoms with Gasteiger partial charge in [-0.1, -0.05) is 48.4 Å². The average Bonchev–Trinajstić information content (AvgIpc) is 2.75. The van der Waals surface area contributed by atoms with Crippen molar-refractivity contribution in [1.29, 1.82) is 0 Å². The number of nitrogens with zero attached hydrogens (tertiary/aromatic N) is 1. The fourth-order valence-corrected chi connectivity index (χ4v) is 2.84. The largest absolute Gasteiger partial charge is 0.326 e. The monoisotopic (exact) mass is 292 g/mol. The van der Waals surface area contributed by atoms with Crippen molar-refractivity contribution in [1.82, 2.24) is 10.2 Å². The molecule has 1 aliphatic rings. The van der Waals surface area contributed by atoms with Crippen molar-refractivity contribution in [3.05, 3.63) is 48.0 Å². The second-order valence-electron chi connectivity index (χ2n) is 5.40. The molecule has 110 valence electrons. The molecule has 3 amide bonds. The molecule has 1 heterocycles. The zero-order valence-corrected chi connectivity index (χ0v) is 12.5. The van der Waals surface area contributed by atoms with E-state index >= 15 is 0 Å². The Kier molecular flexibility index (Phi) is 3.34. The van der Waals surface area contributed by atoms with E-state index in [1.165, 1.54) is 0 Å². The summed E-state index contributed by atoms with van der Waals surface area (Å²) in [6.45, 7) is 3.54. The van der Waals surface area contributed by atoms with E-state index in [0.717, 1.165) is 21.2 Å². The van der Waals surface area contributed by atoms with Crippen LogP contribution in [0.5, 0.6) is 0 Å². The average molecular weight is 292 g/mol. The number of benzene rings is 2. The van der Waals surface area contributed by atoms with Crippen LogP contribution in [0.15, 0.2) is 42.5 Å². The lowest BCUT2D eigenvalue weighted by Crippen LogP contribution is -2.41. The standard InChI is InChI=1S/C18H16N2O2/c1-3-4-12-20-16(21)18(2,19-17(20)22)15-11-7-9-13-8-5-6-10-14(13)15/h5-11H,12H2,1-2H3,(H,19,22)/t18-/m1/s1. The molecule has 0 spiro atoms. The van der Waals surface area contributed by atoms with Gasteiger partial charge in [0.05, 0.1) is 6.54 Å². The predicted octanol–water partition coefficient (Wildman–Crippen LogP) is 2.63. The van der Waals surface area contributed by atoms with E-state index in [2.05, 4.69) is 17.2 Å². The third kappa shape index (κ3) is 2.03. The molecule has 0 aliphatic carbocycles. The van der Waals surface area contributed by atoms with Crippen LogP contribution >= 0.6 is 0 Å². The first kappa shape index (κ1) is 14.2. The zero-order valence-electron chi connectivity index (χ0n) is 12.5. The van der Waals surface area contributed by atoms with Crippen LogP contribution in [0.3, 0.4) is 0 Å². The van der Waals surface area contributed by atoms with E-state index in [4.69, 9.17) is 0 Å². The molecule has 4 heteroatoms. The van der Waals surface area contributed by atoms with Crippen molar-refractivity contribution in [2.45, 2.75) is 19.4 Å². The van der Waals surface area contributed by atoms with Crippen LogP contribution in [0.1, 0.15) is 19.4 Å². The minimum atomic E-state index is -1.06. The highest BCUT2D eigenvalue weighted by Crippen LogP contribution is 2.33. The SMILES string of the molecule is CC#CCN1C(=O)N[C@](C)(c2cccc3ccccc23)C1=O. The van der Waals surface area contributed by atoms with E-state index in [1.807, 2.05) is 42.5 Å². The molecule has 1 atom stereocenters. The van der Waals surface area contributed by atoms with Gasteiger partial charge in [0.1, 0.15) is 5.54 Å². The molecule has 0 radical (unpaired) electrons. The van der Waals surface area contributed by atoms with Gasteiger partial charge in [-0.25, -0.2) is 4.79 Å². The first-order valence-electron chi connectivity index (χ1n) is 7.10. The van der Waals surface area contributed by atoms with Gasteiger partial charge >= 0.3 is 6.03 Å². The fraction of sp³-hybridized carbons (Fsp3) is 0.222. The number of carbonyl (C=O) groups is 2. The molecule has 1 N–H and O–H groups in total. The summed E-state index contributed by atoms with van der Waals surface area (Å²) >= 11 is 0. The van der Waals surface area contributed by atoms with Gasteiger partial charge in [-0.2, -0.15) is 0 Å². The molecule has 0 aromatic heterocycles. The van der Waals surface area contributed by atoms with E-state index in [0.29, 0.717) is 0 Å². The van der Waals surface area contributed by atoms with Crippen LogP contribution < -0.4 is 5.32 Å². The smallest absolute Gasteiger partial charge is 0.319 e. The molecular formula is C18H16N2O2. The van der Waals surface area contributed by atoms with Crippen LogP contribution in [-0.4, -0.2) is 23.4 Å². The highest BCUT2D eigenvalue weighted by Gasteiger charge is 2.49. The molecular weight excluding hydrogens is 276 g/mol. The number of nitrogens with one attached hydrogen (secondary N) is 1. The highest BCUT2D eigenvalue weighted by atomic mass is 16.2. The lowest BCUT2D eigenvalue weighted by atomic mass is 9.88. The van der Waals surface area contributed by atoms with Crippen LogP contribution in [0.4, 0.5) is 4.79 Å². The van der Waals surface area contributed by atoms with Crippen molar-refractivity contribution >= 4 is 22.7 Å². The van der Waals surface area contributed by atoms with Gasteiger partial charge in [-0.15, -0.1) is 5.92 Å². The third-order valence-electron chi connectivity index (χ3n) is 4.02. The van der Waals surface area contributed by atoms with Crippen LogP contribution in [-0.2, 0) is 10.3 Å². The maximum absolute atomic E-state index is 12.8. The predicted molar refractivity (Wildman–Crippen MR) is 85.0 cm³/mol. The van der Waals surface area contributed by atoms with Crippen molar-refractivity contribution < 1.29 is 9.59 Å². The number of carbonyl (C=O) groups excluding carboxylic acids is 2. The molecule has 1 aliphatic heterocycles. The van der Waals surface area contributed by atoms with Crippen LogP contribution in [0.2, 0.25) is 0 Å².